The van der Waals surface area contributed by atoms with Crippen molar-refractivity contribution in [2.45, 2.75) is 114 Å². The van der Waals surface area contributed by atoms with Gasteiger partial charge in [-0.15, -0.1) is 0 Å². The summed E-state index contributed by atoms with van der Waals surface area (Å²) in [7, 11) is 0. The highest BCUT2D eigenvalue weighted by Gasteiger charge is 2.40. The van der Waals surface area contributed by atoms with Crippen molar-refractivity contribution in [3.63, 3.8) is 0 Å². The molecule has 0 spiro atoms. The number of benzene rings is 1. The summed E-state index contributed by atoms with van der Waals surface area (Å²) in [5.74, 6) is -8.22. The number of nitrogens with one attached hydrogen (secondary N) is 8. The molecular weight excluding hydrogens is 931 g/mol. The van der Waals surface area contributed by atoms with Crippen LogP contribution in [0.25, 0.3) is 0 Å². The fourth-order valence-corrected chi connectivity index (χ4v) is 7.57. The molecule has 3 heterocycles. The molecule has 7 amide bonds. The van der Waals surface area contributed by atoms with Gasteiger partial charge in [-0.2, -0.15) is 0 Å². The lowest BCUT2D eigenvalue weighted by molar-refractivity contribution is -0.150. The number of carbonyl (C=O) groups is 8. The van der Waals surface area contributed by atoms with Gasteiger partial charge in [0, 0.05) is 56.1 Å². The van der Waals surface area contributed by atoms with Crippen molar-refractivity contribution >= 4 is 53.3 Å². The predicted molar refractivity (Wildman–Crippen MR) is 252 cm³/mol. The smallest absolute Gasteiger partial charge is 0.326 e. The average Bonchev–Trinajstić information content (AvgIpc) is 4.17. The highest BCUT2D eigenvalue weighted by Crippen LogP contribution is 2.19. The summed E-state index contributed by atoms with van der Waals surface area (Å²) in [6.07, 6.45) is 5.84. The number of nitrogens with two attached hydrogens (primary N) is 3. The van der Waals surface area contributed by atoms with Gasteiger partial charge in [0.1, 0.15) is 54.1 Å². The van der Waals surface area contributed by atoms with Gasteiger partial charge < -0.3 is 84.4 Å². The Kier molecular flexibility index (Phi) is 21.7. The lowest BCUT2D eigenvalue weighted by Crippen LogP contribution is -2.61. The third-order valence-electron chi connectivity index (χ3n) is 11.8. The molecule has 3 aromatic rings. The Hall–Kier alpha value is -7.65. The predicted octanol–water partition coefficient (Wildman–Crippen LogP) is -4.74. The Labute approximate surface area is 408 Å². The largest absolute Gasteiger partial charge is 0.508 e. The maximum Gasteiger partial charge on any atom is 0.326 e. The van der Waals surface area contributed by atoms with Crippen LogP contribution in [0.1, 0.15) is 62.9 Å². The number of carbonyl (C=O) groups excluding carboxylic acids is 7. The molecule has 9 atom stereocenters. The number of hydrogen-bond donors (Lipinski definition) is 15. The monoisotopic (exact) mass is 995 g/mol. The van der Waals surface area contributed by atoms with Crippen LogP contribution in [0.2, 0.25) is 0 Å². The number of phenolic OH excluding ortho intramolecular Hbond substituents is 1. The molecule has 27 heteroatoms. The summed E-state index contributed by atoms with van der Waals surface area (Å²) in [5.41, 5.74) is 18.0. The Bertz CT molecular complexity index is 2280. The van der Waals surface area contributed by atoms with Gasteiger partial charge in [0.25, 0.3) is 0 Å². The first-order valence-corrected chi connectivity index (χ1v) is 23.0. The van der Waals surface area contributed by atoms with E-state index in [2.05, 4.69) is 56.8 Å². The van der Waals surface area contributed by atoms with E-state index in [9.17, 15) is 58.8 Å². The number of phenols is 1. The molecule has 388 valence electrons. The van der Waals surface area contributed by atoms with Gasteiger partial charge in [-0.1, -0.05) is 32.4 Å². The highest BCUT2D eigenvalue weighted by atomic mass is 16.4. The number of likely N-dealkylation sites (tertiary alicyclic amines) is 1. The number of carboxylic acid groups (broad SMARTS) is 1. The van der Waals surface area contributed by atoms with Crippen LogP contribution in [0.3, 0.4) is 0 Å². The number of H-pyrrole nitrogens is 2. The number of amides is 7. The molecule has 2 aromatic heterocycles. The lowest BCUT2D eigenvalue weighted by Gasteiger charge is -2.30. The molecule has 1 aromatic carbocycles. The zero-order chi connectivity index (χ0) is 52.2. The van der Waals surface area contributed by atoms with E-state index in [0.717, 1.165) is 4.90 Å². The van der Waals surface area contributed by atoms with Crippen LogP contribution in [0, 0.1) is 5.92 Å². The summed E-state index contributed by atoms with van der Waals surface area (Å²) < 4.78 is 0. The maximum absolute atomic E-state index is 14.4. The summed E-state index contributed by atoms with van der Waals surface area (Å²) in [5, 5.41) is 54.8. The fraction of sp³-hybridized carbons (Fsp3) is 0.523. The normalized spacial score (nSPS) is 16.6. The molecule has 18 N–H and O–H groups in total. The second-order valence-electron chi connectivity index (χ2n) is 17.1. The van der Waals surface area contributed by atoms with Crippen LogP contribution < -0.4 is 49.1 Å². The van der Waals surface area contributed by atoms with E-state index in [4.69, 9.17) is 17.2 Å². The maximum atomic E-state index is 14.4. The van der Waals surface area contributed by atoms with Crippen molar-refractivity contribution in [1.82, 2.24) is 56.7 Å². The minimum atomic E-state index is -1.54. The second-order valence-corrected chi connectivity index (χ2v) is 17.1. The number of aromatic amines is 2. The number of aliphatic imine (C=N–C) groups is 1. The molecule has 0 aliphatic carbocycles. The minimum Gasteiger partial charge on any atom is -0.508 e. The van der Waals surface area contributed by atoms with Crippen LogP contribution >= 0.6 is 0 Å². The SMILES string of the molecule is CC[C@H](C)[C@@H](NC(=O)[C@@H](Cc1cnc[nH]1)NC(=O)[C@@H](CCCN=C(N)N)NC(=O)[C@@H](Cc1ccc(O)cc1)NC(=O)[C@@H](Cc1cnc[nH]1)NC(=O)[C@H](N)CO)C(=O)N[C@H](CO)C(=O)N1CCC[C@@H]1C(=O)O. The number of nitrogens with zero attached hydrogens (tertiary/aromatic N) is 4. The minimum absolute atomic E-state index is 0.0103. The molecule has 0 saturated carbocycles. The number of guanidine groups is 1. The number of aromatic hydroxyl groups is 1. The topological polar surface area (TPSA) is 441 Å². The zero-order valence-electron chi connectivity index (χ0n) is 39.4. The van der Waals surface area contributed by atoms with Gasteiger partial charge in [-0.25, -0.2) is 14.8 Å². The molecule has 1 aliphatic rings. The first-order chi connectivity index (χ1) is 33.8. The Balaban J connectivity index is 1.63. The van der Waals surface area contributed by atoms with E-state index in [0.29, 0.717) is 29.8 Å². The molecule has 0 unspecified atom stereocenters. The summed E-state index contributed by atoms with van der Waals surface area (Å²) in [6.45, 7) is 1.90. The summed E-state index contributed by atoms with van der Waals surface area (Å²) in [4.78, 5) is 128. The van der Waals surface area contributed by atoms with E-state index in [-0.39, 0.29) is 63.3 Å². The average molecular weight is 996 g/mol. The van der Waals surface area contributed by atoms with Crippen molar-refractivity contribution in [2.24, 2.45) is 28.1 Å². The first-order valence-electron chi connectivity index (χ1n) is 23.0. The van der Waals surface area contributed by atoms with Crippen molar-refractivity contribution in [3.8, 4) is 5.75 Å². The number of hydrogen-bond acceptors (Lipinski definition) is 15. The summed E-state index contributed by atoms with van der Waals surface area (Å²) in [6, 6.07) is -5.40. The third kappa shape index (κ3) is 17.1. The van der Waals surface area contributed by atoms with Crippen LogP contribution in [0.15, 0.2) is 54.3 Å². The number of rotatable bonds is 28. The number of imidazole rings is 2. The van der Waals surface area contributed by atoms with Crippen molar-refractivity contribution < 1.29 is 58.8 Å². The standard InChI is InChI=1S/C44H65N15O12/c1-3-23(2)35(41(68)57-33(20-61)42(69)59-13-5-7-34(59)43(70)71)58-40(67)32(16-26-18-49-22-52-26)56-37(64)29(6-4-12-50-44(46)47)53-38(65)30(14-24-8-10-27(62)11-9-24)55-39(66)31(15-25-17-48-21-51-25)54-36(63)28(45)19-60/h8-11,17-18,21-23,28-35,60-62H,3-7,12-16,19-20,45H2,1-2H3,(H,48,51)(H,49,52)(H,53,65)(H,54,63)(H,55,66)(H,56,64)(H,57,68)(H,58,67)(H,70,71)(H4,46,47,50)/t23-,28+,29+,30+,31+,32+,33+,34+,35+/m0/s1. The Morgan fingerprint density at radius 1 is 0.746 bits per heavy atom. The molecule has 27 nitrogen and oxygen atoms in total. The second kappa shape index (κ2) is 27.5. The molecule has 1 saturated heterocycles. The van der Waals surface area contributed by atoms with Gasteiger partial charge in [-0.3, -0.25) is 38.6 Å². The van der Waals surface area contributed by atoms with Gasteiger partial charge in [0.05, 0.1) is 25.9 Å². The van der Waals surface area contributed by atoms with Crippen molar-refractivity contribution in [3.05, 3.63) is 66.3 Å². The number of aromatic nitrogens is 4. The van der Waals surface area contributed by atoms with Gasteiger partial charge >= 0.3 is 5.97 Å². The molecule has 71 heavy (non-hydrogen) atoms. The van der Waals surface area contributed by atoms with Gasteiger partial charge in [-0.05, 0) is 49.3 Å². The number of aliphatic hydroxyl groups excluding tert-OH is 2. The molecule has 0 radical (unpaired) electrons. The molecule has 0 bridgehead atoms. The Morgan fingerprint density at radius 2 is 1.27 bits per heavy atom. The Morgan fingerprint density at radius 3 is 1.77 bits per heavy atom. The highest BCUT2D eigenvalue weighted by molar-refractivity contribution is 5.98. The third-order valence-corrected chi connectivity index (χ3v) is 11.8. The summed E-state index contributed by atoms with van der Waals surface area (Å²) >= 11 is 0. The van der Waals surface area contributed by atoms with E-state index < -0.39 is 115 Å². The van der Waals surface area contributed by atoms with E-state index in [1.54, 1.807) is 13.8 Å². The van der Waals surface area contributed by atoms with Crippen LogP contribution in [0.5, 0.6) is 5.75 Å². The quantitative estimate of drug-likeness (QED) is 0.0185. The number of aliphatic hydroxyl groups is 2. The number of aliphatic carboxylic acids is 1. The molecular formula is C44H65N15O12. The van der Waals surface area contributed by atoms with Crippen molar-refractivity contribution in [2.75, 3.05) is 26.3 Å². The van der Waals surface area contributed by atoms with Gasteiger partial charge in [0.15, 0.2) is 5.96 Å². The van der Waals surface area contributed by atoms with Crippen LogP contribution in [-0.2, 0) is 57.6 Å². The molecule has 1 aliphatic heterocycles. The lowest BCUT2D eigenvalue weighted by atomic mass is 9.97. The van der Waals surface area contributed by atoms with E-state index in [1.165, 1.54) is 49.3 Å². The molecule has 4 rings (SSSR count). The molecule has 1 fully saturated rings. The van der Waals surface area contributed by atoms with E-state index in [1.807, 2.05) is 0 Å². The fourth-order valence-electron chi connectivity index (χ4n) is 7.57. The first kappa shape index (κ1) is 55.9. The number of carboxylic acids is 1. The van der Waals surface area contributed by atoms with E-state index >= 15 is 0 Å². The van der Waals surface area contributed by atoms with Crippen LogP contribution in [-0.4, -0.2) is 173 Å². The zero-order valence-corrected chi connectivity index (χ0v) is 39.4. The van der Waals surface area contributed by atoms with Crippen LogP contribution in [0.4, 0.5) is 0 Å². The van der Waals surface area contributed by atoms with Gasteiger partial charge in [0.2, 0.25) is 41.4 Å². The van der Waals surface area contributed by atoms with Crippen molar-refractivity contribution in [1.29, 1.82) is 0 Å².